The van der Waals surface area contributed by atoms with Crippen LogP contribution in [0.4, 0.5) is 10.1 Å². The zero-order valence-corrected chi connectivity index (χ0v) is 15.3. The number of ether oxygens (including phenoxy) is 2. The predicted octanol–water partition coefficient (Wildman–Crippen LogP) is 3.97. The van der Waals surface area contributed by atoms with E-state index >= 15 is 0 Å². The lowest BCUT2D eigenvalue weighted by atomic mass is 9.98. The maximum absolute atomic E-state index is 13.6. The van der Waals surface area contributed by atoms with Crippen LogP contribution in [0.2, 0.25) is 0 Å². The highest BCUT2D eigenvalue weighted by molar-refractivity contribution is 5.97. The second-order valence-electron chi connectivity index (χ2n) is 6.20. The summed E-state index contributed by atoms with van der Waals surface area (Å²) in [6.07, 6.45) is 0.736. The summed E-state index contributed by atoms with van der Waals surface area (Å²) in [4.78, 5) is 36.6. The normalized spacial score (nSPS) is 13.1. The second kappa shape index (κ2) is 8.60. The Morgan fingerprint density at radius 2 is 2.11 bits per heavy atom. The number of hydrogen-bond donors (Lipinski definition) is 0. The molecule has 1 heterocycles. The van der Waals surface area contributed by atoms with E-state index in [1.54, 1.807) is 30.0 Å². The lowest BCUT2D eigenvalue weighted by Gasteiger charge is -2.28. The van der Waals surface area contributed by atoms with Crippen LogP contribution in [-0.4, -0.2) is 36.5 Å². The van der Waals surface area contributed by atoms with Gasteiger partial charge in [-0.15, -0.1) is 4.91 Å². The Hall–Kier alpha value is -3.29. The molecule has 1 aliphatic rings. The van der Waals surface area contributed by atoms with Crippen LogP contribution in [0.15, 0.2) is 41.6 Å². The zero-order valence-electron chi connectivity index (χ0n) is 15.3. The lowest BCUT2D eigenvalue weighted by Crippen LogP contribution is -2.39. The Morgan fingerprint density at radius 1 is 1.29 bits per heavy atom. The summed E-state index contributed by atoms with van der Waals surface area (Å²) in [5.74, 6) is -0.884. The van der Waals surface area contributed by atoms with E-state index in [0.717, 1.165) is 11.6 Å². The average molecular weight is 386 g/mol. The standard InChI is InChI=1S/C20H19FN2O5/c1-2-27-18(24)9-11-23-10-8-13-12-14(6-7-15(13)20(23)25)28-17-5-3-4-16(21)19(17)22-26/h3-7,12H,2,8-11H2,1H3. The summed E-state index contributed by atoms with van der Waals surface area (Å²) in [6, 6.07) is 8.88. The van der Waals surface area contributed by atoms with Crippen molar-refractivity contribution in [1.29, 1.82) is 0 Å². The maximum Gasteiger partial charge on any atom is 0.307 e. The molecule has 0 bridgehead atoms. The molecule has 8 heteroatoms. The Bertz CT molecular complexity index is 915. The van der Waals surface area contributed by atoms with Crippen molar-refractivity contribution in [2.75, 3.05) is 19.7 Å². The van der Waals surface area contributed by atoms with Gasteiger partial charge < -0.3 is 14.4 Å². The minimum absolute atomic E-state index is 0.00755. The van der Waals surface area contributed by atoms with Crippen LogP contribution in [0, 0.1) is 10.7 Å². The van der Waals surface area contributed by atoms with E-state index in [9.17, 15) is 18.9 Å². The van der Waals surface area contributed by atoms with Crippen molar-refractivity contribution in [2.45, 2.75) is 19.8 Å². The number of benzene rings is 2. The highest BCUT2D eigenvalue weighted by atomic mass is 19.1. The van der Waals surface area contributed by atoms with Crippen molar-refractivity contribution < 1.29 is 23.5 Å². The third kappa shape index (κ3) is 4.16. The van der Waals surface area contributed by atoms with Gasteiger partial charge in [0.15, 0.2) is 17.3 Å². The molecule has 0 aromatic heterocycles. The number of amides is 1. The number of esters is 1. The number of carbonyl (C=O) groups excluding carboxylic acids is 2. The van der Waals surface area contributed by atoms with Crippen molar-refractivity contribution in [1.82, 2.24) is 4.90 Å². The van der Waals surface area contributed by atoms with Crippen molar-refractivity contribution in [3.8, 4) is 11.5 Å². The summed E-state index contributed by atoms with van der Waals surface area (Å²) < 4.78 is 24.1. The first kappa shape index (κ1) is 19.5. The Labute approximate surface area is 161 Å². The minimum atomic E-state index is -0.766. The van der Waals surface area contributed by atoms with Gasteiger partial charge in [0.25, 0.3) is 5.91 Å². The minimum Gasteiger partial charge on any atom is -0.466 e. The highest BCUT2D eigenvalue weighted by Gasteiger charge is 2.25. The number of fused-ring (bicyclic) bond motifs is 1. The number of nitrogens with zero attached hydrogens (tertiary/aromatic N) is 2. The molecule has 0 aliphatic carbocycles. The Kier molecular flexibility index (Phi) is 5.98. The Morgan fingerprint density at radius 3 is 2.86 bits per heavy atom. The van der Waals surface area contributed by atoms with Gasteiger partial charge in [0.05, 0.1) is 13.0 Å². The molecule has 0 atom stereocenters. The highest BCUT2D eigenvalue weighted by Crippen LogP contribution is 2.35. The molecule has 7 nitrogen and oxygen atoms in total. The molecule has 0 spiro atoms. The molecule has 0 fully saturated rings. The largest absolute Gasteiger partial charge is 0.466 e. The van der Waals surface area contributed by atoms with Crippen LogP contribution in [0.1, 0.15) is 29.3 Å². The molecule has 0 saturated heterocycles. The molecule has 0 radical (unpaired) electrons. The fraction of sp³-hybridized carbons (Fsp3) is 0.300. The van der Waals surface area contributed by atoms with Gasteiger partial charge in [-0.2, -0.15) is 0 Å². The van der Waals surface area contributed by atoms with E-state index in [-0.39, 0.29) is 24.0 Å². The predicted molar refractivity (Wildman–Crippen MR) is 99.2 cm³/mol. The van der Waals surface area contributed by atoms with E-state index in [1.807, 2.05) is 0 Å². The van der Waals surface area contributed by atoms with Crippen LogP contribution in [-0.2, 0) is 16.0 Å². The molecule has 2 aromatic rings. The smallest absolute Gasteiger partial charge is 0.307 e. The van der Waals surface area contributed by atoms with Gasteiger partial charge >= 0.3 is 5.97 Å². The van der Waals surface area contributed by atoms with Gasteiger partial charge in [0.1, 0.15) is 5.75 Å². The summed E-state index contributed by atoms with van der Waals surface area (Å²) >= 11 is 0. The summed E-state index contributed by atoms with van der Waals surface area (Å²) in [7, 11) is 0. The van der Waals surface area contributed by atoms with Crippen molar-refractivity contribution in [3.05, 3.63) is 58.2 Å². The second-order valence-corrected chi connectivity index (χ2v) is 6.20. The third-order valence-electron chi connectivity index (χ3n) is 4.41. The lowest BCUT2D eigenvalue weighted by molar-refractivity contribution is -0.143. The van der Waals surface area contributed by atoms with Gasteiger partial charge in [0, 0.05) is 18.7 Å². The van der Waals surface area contributed by atoms with Gasteiger partial charge in [-0.25, -0.2) is 4.39 Å². The maximum atomic E-state index is 13.6. The van der Waals surface area contributed by atoms with Crippen molar-refractivity contribution in [2.24, 2.45) is 5.18 Å². The molecule has 28 heavy (non-hydrogen) atoms. The number of halogens is 1. The summed E-state index contributed by atoms with van der Waals surface area (Å²) in [5.41, 5.74) is 0.906. The zero-order chi connectivity index (χ0) is 20.1. The molecule has 2 aromatic carbocycles. The van der Waals surface area contributed by atoms with Crippen LogP contribution in [0.3, 0.4) is 0 Å². The summed E-state index contributed by atoms with van der Waals surface area (Å²) in [5, 5.41) is 2.67. The van der Waals surface area contributed by atoms with Crippen molar-refractivity contribution in [3.63, 3.8) is 0 Å². The van der Waals surface area contributed by atoms with E-state index in [0.29, 0.717) is 37.4 Å². The van der Waals surface area contributed by atoms with E-state index < -0.39 is 11.5 Å². The quantitative estimate of drug-likeness (QED) is 0.531. The number of rotatable bonds is 7. The molecule has 0 N–H and O–H groups in total. The van der Waals surface area contributed by atoms with E-state index in [1.165, 1.54) is 12.1 Å². The van der Waals surface area contributed by atoms with E-state index in [4.69, 9.17) is 9.47 Å². The average Bonchev–Trinajstić information content (AvgIpc) is 2.68. The SMILES string of the molecule is CCOC(=O)CCN1CCc2cc(Oc3cccc(F)c3N=O)ccc2C1=O. The topological polar surface area (TPSA) is 85.3 Å². The number of nitroso groups, excluding NO2 is 1. The summed E-state index contributed by atoms with van der Waals surface area (Å²) in [6.45, 7) is 2.81. The molecule has 1 amide bonds. The molecule has 0 unspecified atom stereocenters. The van der Waals surface area contributed by atoms with E-state index in [2.05, 4.69) is 5.18 Å². The fourth-order valence-corrected chi connectivity index (χ4v) is 3.04. The number of carbonyl (C=O) groups is 2. The first-order valence-corrected chi connectivity index (χ1v) is 8.91. The van der Waals surface area contributed by atoms with Crippen LogP contribution < -0.4 is 4.74 Å². The van der Waals surface area contributed by atoms with Crippen LogP contribution in [0.5, 0.6) is 11.5 Å². The van der Waals surface area contributed by atoms with Gasteiger partial charge in [-0.05, 0) is 54.4 Å². The van der Waals surface area contributed by atoms with Gasteiger partial charge in [0.2, 0.25) is 0 Å². The van der Waals surface area contributed by atoms with Gasteiger partial charge in [-0.1, -0.05) is 6.07 Å². The Balaban J connectivity index is 1.73. The molecule has 146 valence electrons. The van der Waals surface area contributed by atoms with Crippen molar-refractivity contribution >= 4 is 17.6 Å². The molecular formula is C20H19FN2O5. The molecule has 0 saturated carbocycles. The first-order chi connectivity index (χ1) is 13.5. The van der Waals surface area contributed by atoms with Crippen LogP contribution >= 0.6 is 0 Å². The van der Waals surface area contributed by atoms with Gasteiger partial charge in [-0.3, -0.25) is 9.59 Å². The molecule has 3 rings (SSSR count). The first-order valence-electron chi connectivity index (χ1n) is 8.91. The fourth-order valence-electron chi connectivity index (χ4n) is 3.04. The van der Waals surface area contributed by atoms with Crippen LogP contribution in [0.25, 0.3) is 0 Å². The molecular weight excluding hydrogens is 367 g/mol. The monoisotopic (exact) mass is 386 g/mol. The third-order valence-corrected chi connectivity index (χ3v) is 4.41. The molecule has 1 aliphatic heterocycles. The number of hydrogen-bond acceptors (Lipinski definition) is 6.